The highest BCUT2D eigenvalue weighted by atomic mass is 19.2. The third-order valence-electron chi connectivity index (χ3n) is 8.68. The van der Waals surface area contributed by atoms with Crippen LogP contribution in [0.2, 0.25) is 0 Å². The van der Waals surface area contributed by atoms with E-state index in [0.29, 0.717) is 41.2 Å². The van der Waals surface area contributed by atoms with Gasteiger partial charge in [0.25, 0.3) is 0 Å². The molecule has 4 rings (SSSR count). The van der Waals surface area contributed by atoms with Crippen LogP contribution in [0.5, 0.6) is 0 Å². The van der Waals surface area contributed by atoms with Gasteiger partial charge in [-0.25, -0.2) is 17.6 Å². The lowest BCUT2D eigenvalue weighted by Crippen LogP contribution is -2.18. The number of hydrogen-bond donors (Lipinski definition) is 0. The minimum Gasteiger partial charge on any atom is -0.501 e. The third-order valence-corrected chi connectivity index (χ3v) is 8.68. The minimum absolute atomic E-state index is 0.0134. The second kappa shape index (κ2) is 16.0. The van der Waals surface area contributed by atoms with Gasteiger partial charge in [0.1, 0.15) is 0 Å². The van der Waals surface area contributed by atoms with Crippen molar-refractivity contribution in [3.05, 3.63) is 95.3 Å². The van der Waals surface area contributed by atoms with E-state index in [9.17, 15) is 4.39 Å². The molecule has 42 heavy (non-hydrogen) atoms. The van der Waals surface area contributed by atoms with E-state index < -0.39 is 23.3 Å². The van der Waals surface area contributed by atoms with Crippen molar-refractivity contribution < 1.29 is 22.3 Å². The number of benzene rings is 3. The Hall–Kier alpha value is -3.08. The van der Waals surface area contributed by atoms with Crippen molar-refractivity contribution >= 4 is 0 Å². The largest absolute Gasteiger partial charge is 0.501 e. The van der Waals surface area contributed by atoms with Crippen LogP contribution in [0.3, 0.4) is 0 Å². The van der Waals surface area contributed by atoms with Crippen LogP contribution in [0.15, 0.2) is 60.9 Å². The number of halogens is 4. The Morgan fingerprint density at radius 2 is 1.24 bits per heavy atom. The quantitative estimate of drug-likeness (QED) is 0.105. The van der Waals surface area contributed by atoms with E-state index in [1.54, 1.807) is 54.8 Å². The Kier molecular flexibility index (Phi) is 12.1. The summed E-state index contributed by atoms with van der Waals surface area (Å²) in [4.78, 5) is 0. The topological polar surface area (TPSA) is 9.23 Å². The molecule has 0 amide bonds. The summed E-state index contributed by atoms with van der Waals surface area (Å²) in [5.41, 5.74) is 2.13. The Morgan fingerprint density at radius 1 is 0.667 bits per heavy atom. The molecular weight excluding hydrogens is 536 g/mol. The lowest BCUT2D eigenvalue weighted by Gasteiger charge is -2.28. The summed E-state index contributed by atoms with van der Waals surface area (Å²) in [6, 6.07) is 13.1. The number of unbranched alkanes of at least 4 members (excludes halogenated alkanes) is 6. The summed E-state index contributed by atoms with van der Waals surface area (Å²) >= 11 is 0. The monoisotopic (exact) mass is 580 g/mol. The fourth-order valence-electron chi connectivity index (χ4n) is 6.14. The Morgan fingerprint density at radius 3 is 1.86 bits per heavy atom. The maximum atomic E-state index is 15.3. The molecule has 0 radical (unpaired) electrons. The molecule has 226 valence electrons. The number of rotatable bonds is 14. The molecule has 1 nitrogen and oxygen atoms in total. The number of allylic oxidation sites excluding steroid dienone is 1. The predicted octanol–water partition coefficient (Wildman–Crippen LogP) is 11.7. The minimum atomic E-state index is -0.870. The van der Waals surface area contributed by atoms with E-state index >= 15 is 13.2 Å². The van der Waals surface area contributed by atoms with Crippen molar-refractivity contribution in [3.8, 4) is 22.3 Å². The van der Waals surface area contributed by atoms with E-state index in [4.69, 9.17) is 4.74 Å². The highest BCUT2D eigenvalue weighted by Crippen LogP contribution is 2.39. The molecule has 0 heterocycles. The van der Waals surface area contributed by atoms with Gasteiger partial charge < -0.3 is 4.74 Å². The molecule has 1 aliphatic carbocycles. The summed E-state index contributed by atoms with van der Waals surface area (Å²) < 4.78 is 65.9. The number of ether oxygens (including phenoxy) is 1. The highest BCUT2D eigenvalue weighted by Gasteiger charge is 2.27. The van der Waals surface area contributed by atoms with Gasteiger partial charge in [-0.05, 0) is 79.5 Å². The summed E-state index contributed by atoms with van der Waals surface area (Å²) in [6.45, 7) is 4.75. The zero-order valence-electron chi connectivity index (χ0n) is 25.0. The maximum absolute atomic E-state index is 15.3. The average Bonchev–Trinajstić information content (AvgIpc) is 3.01. The number of hydrogen-bond acceptors (Lipinski definition) is 1. The Balaban J connectivity index is 1.39. The van der Waals surface area contributed by atoms with Crippen LogP contribution in [-0.2, 0) is 11.2 Å². The van der Waals surface area contributed by atoms with Crippen molar-refractivity contribution in [2.24, 2.45) is 5.92 Å². The zero-order chi connectivity index (χ0) is 29.9. The van der Waals surface area contributed by atoms with Crippen LogP contribution in [0.1, 0.15) is 102 Å². The summed E-state index contributed by atoms with van der Waals surface area (Å²) in [5.74, 6) is -2.91. The fraction of sp³-hybridized carbons (Fsp3) is 0.459. The van der Waals surface area contributed by atoms with Gasteiger partial charge in [0.05, 0.1) is 12.9 Å². The van der Waals surface area contributed by atoms with Crippen LogP contribution in [-0.4, -0.2) is 6.61 Å². The van der Waals surface area contributed by atoms with Gasteiger partial charge in [-0.2, -0.15) is 0 Å². The first-order valence-corrected chi connectivity index (χ1v) is 15.7. The molecule has 3 aromatic rings. The lowest BCUT2D eigenvalue weighted by atomic mass is 9.78. The standard InChI is InChI=1S/C37H44F4O/c1-3-5-6-7-8-9-10-11-30-20-21-31(35(39)34(30)38)28-16-18-29(19-17-28)33-23-22-32(36(40)37(33)41)27-14-12-26(13-15-27)25-42-24-4-2/h4,16-24,26-27H,3,5-15,25H2,1-2H3/b24-4+. The fourth-order valence-corrected chi connectivity index (χ4v) is 6.14. The molecule has 0 spiro atoms. The molecule has 1 saturated carbocycles. The summed E-state index contributed by atoms with van der Waals surface area (Å²) in [6.07, 6.45) is 15.3. The molecule has 5 heteroatoms. The van der Waals surface area contributed by atoms with Gasteiger partial charge in [0.2, 0.25) is 0 Å². The van der Waals surface area contributed by atoms with Crippen molar-refractivity contribution in [1.82, 2.24) is 0 Å². The maximum Gasteiger partial charge on any atom is 0.166 e. The van der Waals surface area contributed by atoms with Crippen LogP contribution in [0.25, 0.3) is 22.3 Å². The zero-order valence-corrected chi connectivity index (χ0v) is 25.0. The average molecular weight is 581 g/mol. The van der Waals surface area contributed by atoms with Crippen molar-refractivity contribution in [3.63, 3.8) is 0 Å². The van der Waals surface area contributed by atoms with Crippen LogP contribution in [0, 0.1) is 29.2 Å². The molecule has 0 atom stereocenters. The van der Waals surface area contributed by atoms with Crippen LogP contribution < -0.4 is 0 Å². The van der Waals surface area contributed by atoms with E-state index in [1.807, 2.05) is 13.0 Å². The highest BCUT2D eigenvalue weighted by molar-refractivity contribution is 5.71. The lowest BCUT2D eigenvalue weighted by molar-refractivity contribution is 0.159. The van der Waals surface area contributed by atoms with E-state index in [1.165, 1.54) is 25.7 Å². The molecule has 1 fully saturated rings. The second-order valence-corrected chi connectivity index (χ2v) is 11.7. The van der Waals surface area contributed by atoms with Crippen molar-refractivity contribution in [2.75, 3.05) is 6.61 Å². The molecule has 1 aliphatic rings. The summed E-state index contributed by atoms with van der Waals surface area (Å²) in [5, 5.41) is 0. The van der Waals surface area contributed by atoms with Gasteiger partial charge in [0.15, 0.2) is 23.3 Å². The van der Waals surface area contributed by atoms with Gasteiger partial charge in [-0.3, -0.25) is 0 Å². The van der Waals surface area contributed by atoms with Gasteiger partial charge >= 0.3 is 0 Å². The molecule has 3 aromatic carbocycles. The smallest absolute Gasteiger partial charge is 0.166 e. The van der Waals surface area contributed by atoms with E-state index in [2.05, 4.69) is 6.92 Å². The van der Waals surface area contributed by atoms with Crippen molar-refractivity contribution in [1.29, 1.82) is 0 Å². The normalized spacial score (nSPS) is 17.2. The molecule has 0 aromatic heterocycles. The van der Waals surface area contributed by atoms with Crippen molar-refractivity contribution in [2.45, 2.75) is 96.8 Å². The first-order chi connectivity index (χ1) is 20.4. The molecule has 0 bridgehead atoms. The molecular formula is C37H44F4O. The Bertz CT molecular complexity index is 1310. The molecule has 0 aliphatic heterocycles. The van der Waals surface area contributed by atoms with Gasteiger partial charge in [0, 0.05) is 11.1 Å². The van der Waals surface area contributed by atoms with E-state index in [-0.39, 0.29) is 17.0 Å². The number of aryl methyl sites for hydroxylation is 1. The molecule has 0 N–H and O–H groups in total. The van der Waals surface area contributed by atoms with Crippen LogP contribution in [0.4, 0.5) is 17.6 Å². The SMILES string of the molecule is C/C=C/OCC1CCC(c2ccc(-c3ccc(-c4ccc(CCCCCCCCC)c(F)c4F)cc3)c(F)c2F)CC1. The second-order valence-electron chi connectivity index (χ2n) is 11.7. The van der Waals surface area contributed by atoms with Crippen LogP contribution >= 0.6 is 0 Å². The predicted molar refractivity (Wildman–Crippen MR) is 164 cm³/mol. The Labute approximate surface area is 249 Å². The first-order valence-electron chi connectivity index (χ1n) is 15.7. The van der Waals surface area contributed by atoms with Gasteiger partial charge in [-0.1, -0.05) is 100 Å². The summed E-state index contributed by atoms with van der Waals surface area (Å²) in [7, 11) is 0. The van der Waals surface area contributed by atoms with Gasteiger partial charge in [-0.15, -0.1) is 0 Å². The molecule has 0 saturated heterocycles. The first kappa shape index (κ1) is 31.8. The van der Waals surface area contributed by atoms with E-state index in [0.717, 1.165) is 44.9 Å². The third kappa shape index (κ3) is 8.05. The molecule has 0 unspecified atom stereocenters.